The number of hydrogen-bond donors (Lipinski definition) is 1. The lowest BCUT2D eigenvalue weighted by molar-refractivity contribution is 0.402. The predicted molar refractivity (Wildman–Crippen MR) is 73.2 cm³/mol. The highest BCUT2D eigenvalue weighted by Gasteiger charge is 2.19. The van der Waals surface area contributed by atoms with Crippen LogP contribution in [-0.4, -0.2) is 16.1 Å². The number of halogens is 1. The van der Waals surface area contributed by atoms with Crippen molar-refractivity contribution in [3.05, 3.63) is 47.5 Å². The minimum Gasteiger partial charge on any atom is -0.309 e. The van der Waals surface area contributed by atoms with Crippen LogP contribution >= 0.6 is 11.6 Å². The van der Waals surface area contributed by atoms with E-state index in [1.165, 1.54) is 18.5 Å². The van der Waals surface area contributed by atoms with Gasteiger partial charge in [-0.3, -0.25) is 0 Å². The molecule has 1 aromatic carbocycles. The molecule has 1 N–H and O–H groups in total. The summed E-state index contributed by atoms with van der Waals surface area (Å²) in [4.78, 5) is 4.28. The summed E-state index contributed by atoms with van der Waals surface area (Å²) in [5, 5.41) is 4.30. The summed E-state index contributed by atoms with van der Waals surface area (Å²) in [6, 6.07) is 8.27. The summed E-state index contributed by atoms with van der Waals surface area (Å²) in [6.45, 7) is 1.08. The third kappa shape index (κ3) is 2.16. The Bertz CT molecular complexity index is 529. The number of hydrogen-bond acceptors (Lipinski definition) is 2. The summed E-state index contributed by atoms with van der Waals surface area (Å²) >= 11 is 6.26. The number of benzene rings is 1. The van der Waals surface area contributed by atoms with Gasteiger partial charge in [0.2, 0.25) is 0 Å². The molecule has 0 saturated carbocycles. The molecule has 4 heteroatoms. The number of rotatable bonds is 2. The number of para-hydroxylation sites is 1. The molecule has 1 aliphatic heterocycles. The average molecular weight is 262 g/mol. The highest BCUT2D eigenvalue weighted by molar-refractivity contribution is 6.32. The maximum atomic E-state index is 6.26. The van der Waals surface area contributed by atoms with Crippen molar-refractivity contribution >= 4 is 11.6 Å². The van der Waals surface area contributed by atoms with Gasteiger partial charge in [0.25, 0.3) is 0 Å². The molecule has 0 aliphatic carbocycles. The number of imidazole rings is 1. The van der Waals surface area contributed by atoms with E-state index in [1.807, 2.05) is 36.8 Å². The molecule has 1 atom stereocenters. The van der Waals surface area contributed by atoms with E-state index in [2.05, 4.69) is 14.9 Å². The van der Waals surface area contributed by atoms with Gasteiger partial charge in [0.1, 0.15) is 0 Å². The highest BCUT2D eigenvalue weighted by Crippen LogP contribution is 2.27. The van der Waals surface area contributed by atoms with Crippen LogP contribution in [0.3, 0.4) is 0 Å². The zero-order chi connectivity index (χ0) is 12.4. The van der Waals surface area contributed by atoms with Gasteiger partial charge in [0.05, 0.1) is 28.9 Å². The van der Waals surface area contributed by atoms with E-state index in [0.717, 1.165) is 23.7 Å². The number of aromatic nitrogens is 2. The van der Waals surface area contributed by atoms with Gasteiger partial charge in [-0.1, -0.05) is 30.2 Å². The molecule has 3 nitrogen and oxygen atoms in total. The van der Waals surface area contributed by atoms with Crippen LogP contribution in [0.1, 0.15) is 31.0 Å². The normalized spacial score (nSPS) is 19.9. The molecular formula is C14H16ClN3. The van der Waals surface area contributed by atoms with Gasteiger partial charge in [-0.25, -0.2) is 4.98 Å². The number of piperidine rings is 1. The van der Waals surface area contributed by atoms with Gasteiger partial charge in [-0.15, -0.1) is 0 Å². The standard InChI is InChI=1S/C14H16ClN3/c15-11-5-1-2-7-13(11)18-10-16-9-14(18)12-6-3-4-8-17-12/h1-2,5,7,9-10,12,17H,3-4,6,8H2. The van der Waals surface area contributed by atoms with Crippen molar-refractivity contribution in [3.8, 4) is 5.69 Å². The molecular weight excluding hydrogens is 246 g/mol. The second-order valence-corrected chi connectivity index (χ2v) is 5.05. The Morgan fingerprint density at radius 1 is 1.28 bits per heavy atom. The molecule has 1 fully saturated rings. The highest BCUT2D eigenvalue weighted by atomic mass is 35.5. The molecule has 0 bridgehead atoms. The monoisotopic (exact) mass is 261 g/mol. The van der Waals surface area contributed by atoms with Crippen LogP contribution in [0.4, 0.5) is 0 Å². The molecule has 1 saturated heterocycles. The van der Waals surface area contributed by atoms with Crippen LogP contribution in [0.5, 0.6) is 0 Å². The van der Waals surface area contributed by atoms with Crippen LogP contribution in [0.2, 0.25) is 5.02 Å². The summed E-state index contributed by atoms with van der Waals surface area (Å²) in [7, 11) is 0. The number of nitrogens with zero attached hydrogens (tertiary/aromatic N) is 2. The lowest BCUT2D eigenvalue weighted by Crippen LogP contribution is -2.28. The van der Waals surface area contributed by atoms with Gasteiger partial charge < -0.3 is 9.88 Å². The zero-order valence-electron chi connectivity index (χ0n) is 10.1. The van der Waals surface area contributed by atoms with E-state index in [0.29, 0.717) is 6.04 Å². The van der Waals surface area contributed by atoms with E-state index in [9.17, 15) is 0 Å². The topological polar surface area (TPSA) is 29.9 Å². The van der Waals surface area contributed by atoms with Crippen LogP contribution in [0.25, 0.3) is 5.69 Å². The second kappa shape index (κ2) is 5.12. The Balaban J connectivity index is 1.98. The fourth-order valence-electron chi connectivity index (χ4n) is 2.52. The van der Waals surface area contributed by atoms with Crippen molar-refractivity contribution < 1.29 is 0 Å². The SMILES string of the molecule is Clc1ccccc1-n1cncc1C1CCCCN1. The van der Waals surface area contributed by atoms with Crippen molar-refractivity contribution in [2.75, 3.05) is 6.54 Å². The Hall–Kier alpha value is -1.32. The maximum Gasteiger partial charge on any atom is 0.0995 e. The van der Waals surface area contributed by atoms with Crippen molar-refractivity contribution in [1.82, 2.24) is 14.9 Å². The molecule has 0 amide bonds. The summed E-state index contributed by atoms with van der Waals surface area (Å²) < 4.78 is 2.09. The first-order valence-corrected chi connectivity index (χ1v) is 6.74. The number of nitrogens with one attached hydrogen (secondary N) is 1. The molecule has 18 heavy (non-hydrogen) atoms. The first-order chi connectivity index (χ1) is 8.86. The molecule has 2 aromatic rings. The zero-order valence-corrected chi connectivity index (χ0v) is 10.9. The minimum atomic E-state index is 0.387. The molecule has 3 rings (SSSR count). The molecule has 2 heterocycles. The quantitative estimate of drug-likeness (QED) is 0.899. The average Bonchev–Trinajstić information content (AvgIpc) is 2.89. The van der Waals surface area contributed by atoms with Crippen LogP contribution in [0, 0.1) is 0 Å². The second-order valence-electron chi connectivity index (χ2n) is 4.64. The van der Waals surface area contributed by atoms with Crippen LogP contribution in [0.15, 0.2) is 36.8 Å². The maximum absolute atomic E-state index is 6.26. The van der Waals surface area contributed by atoms with Crippen LogP contribution < -0.4 is 5.32 Å². The van der Waals surface area contributed by atoms with Gasteiger partial charge in [-0.05, 0) is 31.5 Å². The summed E-state index contributed by atoms with van der Waals surface area (Å²) in [5.41, 5.74) is 2.20. The smallest absolute Gasteiger partial charge is 0.0995 e. The summed E-state index contributed by atoms with van der Waals surface area (Å²) in [5.74, 6) is 0. The lowest BCUT2D eigenvalue weighted by Gasteiger charge is -2.24. The fourth-order valence-corrected chi connectivity index (χ4v) is 2.74. The van der Waals surface area contributed by atoms with Gasteiger partial charge in [0.15, 0.2) is 0 Å². The Labute approximate surface area is 112 Å². The lowest BCUT2D eigenvalue weighted by atomic mass is 10.0. The molecule has 1 aromatic heterocycles. The third-order valence-corrected chi connectivity index (χ3v) is 3.77. The van der Waals surface area contributed by atoms with Crippen molar-refractivity contribution in [1.29, 1.82) is 0 Å². The van der Waals surface area contributed by atoms with Gasteiger partial charge >= 0.3 is 0 Å². The molecule has 94 valence electrons. The van der Waals surface area contributed by atoms with E-state index < -0.39 is 0 Å². The van der Waals surface area contributed by atoms with Crippen molar-refractivity contribution in [3.63, 3.8) is 0 Å². The minimum absolute atomic E-state index is 0.387. The van der Waals surface area contributed by atoms with Crippen molar-refractivity contribution in [2.45, 2.75) is 25.3 Å². The van der Waals surface area contributed by atoms with E-state index in [-0.39, 0.29) is 0 Å². The van der Waals surface area contributed by atoms with E-state index in [4.69, 9.17) is 11.6 Å². The molecule has 0 radical (unpaired) electrons. The van der Waals surface area contributed by atoms with Gasteiger partial charge in [-0.2, -0.15) is 0 Å². The van der Waals surface area contributed by atoms with E-state index in [1.54, 1.807) is 0 Å². The molecule has 1 unspecified atom stereocenters. The Kier molecular flexibility index (Phi) is 3.35. The fraction of sp³-hybridized carbons (Fsp3) is 0.357. The largest absolute Gasteiger partial charge is 0.309 e. The first-order valence-electron chi connectivity index (χ1n) is 6.37. The van der Waals surface area contributed by atoms with E-state index >= 15 is 0 Å². The van der Waals surface area contributed by atoms with Crippen LogP contribution in [-0.2, 0) is 0 Å². The summed E-state index contributed by atoms with van der Waals surface area (Å²) in [6.07, 6.45) is 7.47. The molecule has 1 aliphatic rings. The predicted octanol–water partition coefficient (Wildman–Crippen LogP) is 3.34. The Morgan fingerprint density at radius 2 is 2.17 bits per heavy atom. The molecule has 0 spiro atoms. The van der Waals surface area contributed by atoms with Crippen molar-refractivity contribution in [2.24, 2.45) is 0 Å². The third-order valence-electron chi connectivity index (χ3n) is 3.45. The Morgan fingerprint density at radius 3 is 2.94 bits per heavy atom. The first kappa shape index (κ1) is 11.8. The van der Waals surface area contributed by atoms with Gasteiger partial charge in [0, 0.05) is 6.04 Å².